The molecule has 1 saturated heterocycles. The summed E-state index contributed by atoms with van der Waals surface area (Å²) in [6.45, 7) is 6.36. The molecule has 0 radical (unpaired) electrons. The summed E-state index contributed by atoms with van der Waals surface area (Å²) in [5.41, 5.74) is 0. The van der Waals surface area contributed by atoms with Gasteiger partial charge in [-0.2, -0.15) is 0 Å². The van der Waals surface area contributed by atoms with Crippen molar-refractivity contribution in [2.45, 2.75) is 45.6 Å². The second-order valence-corrected chi connectivity index (χ2v) is 5.05. The lowest BCUT2D eigenvalue weighted by molar-refractivity contribution is -0.144. The number of ether oxygens (including phenoxy) is 1. The standard InChI is InChI=1S/C14H26N2O3/c1-4-15(11-13(17)19-3)12(2)14(18)16-9-7-5-6-8-10-16/h12H,4-11H2,1-3H3. The van der Waals surface area contributed by atoms with Crippen LogP contribution in [0.5, 0.6) is 0 Å². The number of carbonyl (C=O) groups excluding carboxylic acids is 2. The van der Waals surface area contributed by atoms with Gasteiger partial charge >= 0.3 is 5.97 Å². The van der Waals surface area contributed by atoms with Crippen molar-refractivity contribution in [3.63, 3.8) is 0 Å². The molecule has 1 rings (SSSR count). The van der Waals surface area contributed by atoms with E-state index in [1.807, 2.05) is 23.6 Å². The van der Waals surface area contributed by atoms with Crippen molar-refractivity contribution in [1.82, 2.24) is 9.80 Å². The molecule has 0 saturated carbocycles. The Bertz CT molecular complexity index is 299. The summed E-state index contributed by atoms with van der Waals surface area (Å²) in [4.78, 5) is 27.6. The predicted octanol–water partition coefficient (Wildman–Crippen LogP) is 1.27. The van der Waals surface area contributed by atoms with Gasteiger partial charge in [-0.3, -0.25) is 14.5 Å². The van der Waals surface area contributed by atoms with E-state index in [-0.39, 0.29) is 24.5 Å². The summed E-state index contributed by atoms with van der Waals surface area (Å²) in [6, 6.07) is -0.262. The minimum atomic E-state index is -0.294. The number of rotatable bonds is 5. The average Bonchev–Trinajstić information content (AvgIpc) is 2.71. The normalized spacial score (nSPS) is 18.0. The summed E-state index contributed by atoms with van der Waals surface area (Å²) in [5.74, 6) is -0.162. The van der Waals surface area contributed by atoms with Crippen LogP contribution in [0.15, 0.2) is 0 Å². The third-order valence-corrected chi connectivity index (χ3v) is 3.79. The molecule has 1 fully saturated rings. The van der Waals surface area contributed by atoms with Crippen LogP contribution in [0.25, 0.3) is 0 Å². The quantitative estimate of drug-likeness (QED) is 0.706. The first-order valence-electron chi connectivity index (χ1n) is 7.19. The Hall–Kier alpha value is -1.10. The number of amides is 1. The second kappa shape index (κ2) is 8.15. The number of nitrogens with zero attached hydrogens (tertiary/aromatic N) is 2. The maximum atomic E-state index is 12.5. The van der Waals surface area contributed by atoms with Gasteiger partial charge in [-0.25, -0.2) is 0 Å². The number of methoxy groups -OCH3 is 1. The highest BCUT2D eigenvalue weighted by molar-refractivity contribution is 5.82. The highest BCUT2D eigenvalue weighted by Crippen LogP contribution is 2.12. The van der Waals surface area contributed by atoms with Crippen molar-refractivity contribution >= 4 is 11.9 Å². The zero-order chi connectivity index (χ0) is 14.3. The van der Waals surface area contributed by atoms with Gasteiger partial charge in [0, 0.05) is 13.1 Å². The molecule has 110 valence electrons. The highest BCUT2D eigenvalue weighted by atomic mass is 16.5. The van der Waals surface area contributed by atoms with Crippen molar-refractivity contribution < 1.29 is 14.3 Å². The third-order valence-electron chi connectivity index (χ3n) is 3.79. The minimum absolute atomic E-state index is 0.132. The van der Waals surface area contributed by atoms with E-state index in [0.717, 1.165) is 25.9 Å². The van der Waals surface area contributed by atoms with Gasteiger partial charge in [0.15, 0.2) is 0 Å². The van der Waals surface area contributed by atoms with Gasteiger partial charge in [-0.1, -0.05) is 19.8 Å². The molecular formula is C14H26N2O3. The van der Waals surface area contributed by atoms with Gasteiger partial charge in [0.1, 0.15) is 0 Å². The molecule has 0 N–H and O–H groups in total. The fraction of sp³-hybridized carbons (Fsp3) is 0.857. The number of carbonyl (C=O) groups is 2. The van der Waals surface area contributed by atoms with Crippen molar-refractivity contribution in [3.05, 3.63) is 0 Å². The Labute approximate surface area is 115 Å². The lowest BCUT2D eigenvalue weighted by Crippen LogP contribution is -2.49. The maximum absolute atomic E-state index is 12.5. The van der Waals surface area contributed by atoms with Crippen molar-refractivity contribution in [2.75, 3.05) is 33.3 Å². The predicted molar refractivity (Wildman–Crippen MR) is 73.8 cm³/mol. The van der Waals surface area contributed by atoms with Crippen LogP contribution in [0.1, 0.15) is 39.5 Å². The van der Waals surface area contributed by atoms with E-state index in [1.165, 1.54) is 20.0 Å². The van der Waals surface area contributed by atoms with Crippen LogP contribution in [-0.2, 0) is 14.3 Å². The Balaban J connectivity index is 2.59. The molecule has 1 unspecified atom stereocenters. The van der Waals surface area contributed by atoms with E-state index in [9.17, 15) is 9.59 Å². The van der Waals surface area contributed by atoms with Crippen molar-refractivity contribution in [2.24, 2.45) is 0 Å². The van der Waals surface area contributed by atoms with Crippen LogP contribution in [0.3, 0.4) is 0 Å². The van der Waals surface area contributed by atoms with Crippen LogP contribution in [0, 0.1) is 0 Å². The van der Waals surface area contributed by atoms with E-state index < -0.39 is 0 Å². The minimum Gasteiger partial charge on any atom is -0.468 e. The molecule has 19 heavy (non-hydrogen) atoms. The molecule has 1 aliphatic rings. The molecule has 1 heterocycles. The topological polar surface area (TPSA) is 49.9 Å². The first kappa shape index (κ1) is 16.0. The van der Waals surface area contributed by atoms with Gasteiger partial charge in [-0.05, 0) is 26.3 Å². The Morgan fingerprint density at radius 1 is 1.21 bits per heavy atom. The monoisotopic (exact) mass is 270 g/mol. The number of esters is 1. The van der Waals surface area contributed by atoms with Gasteiger partial charge in [0.25, 0.3) is 0 Å². The summed E-state index contributed by atoms with van der Waals surface area (Å²) < 4.78 is 4.67. The third kappa shape index (κ3) is 4.82. The first-order chi connectivity index (χ1) is 9.10. The summed E-state index contributed by atoms with van der Waals surface area (Å²) in [6.07, 6.45) is 4.58. The van der Waals surface area contributed by atoms with E-state index >= 15 is 0 Å². The summed E-state index contributed by atoms with van der Waals surface area (Å²) in [7, 11) is 1.37. The molecule has 1 amide bonds. The lowest BCUT2D eigenvalue weighted by atomic mass is 10.2. The zero-order valence-corrected chi connectivity index (χ0v) is 12.4. The number of hydrogen-bond acceptors (Lipinski definition) is 4. The number of likely N-dealkylation sites (tertiary alicyclic amines) is 1. The molecule has 0 aromatic heterocycles. The fourth-order valence-corrected chi connectivity index (χ4v) is 2.46. The van der Waals surface area contributed by atoms with E-state index in [4.69, 9.17) is 0 Å². The van der Waals surface area contributed by atoms with E-state index in [2.05, 4.69) is 4.74 Å². The summed E-state index contributed by atoms with van der Waals surface area (Å²) in [5, 5.41) is 0. The smallest absolute Gasteiger partial charge is 0.319 e. The summed E-state index contributed by atoms with van der Waals surface area (Å²) >= 11 is 0. The Kier molecular flexibility index (Phi) is 6.84. The second-order valence-electron chi connectivity index (χ2n) is 5.05. The number of hydrogen-bond donors (Lipinski definition) is 0. The molecule has 0 spiro atoms. The fourth-order valence-electron chi connectivity index (χ4n) is 2.46. The van der Waals surface area contributed by atoms with Crippen molar-refractivity contribution in [3.8, 4) is 0 Å². The van der Waals surface area contributed by atoms with Gasteiger partial charge in [-0.15, -0.1) is 0 Å². The molecule has 0 aromatic carbocycles. The highest BCUT2D eigenvalue weighted by Gasteiger charge is 2.26. The van der Waals surface area contributed by atoms with E-state index in [1.54, 1.807) is 0 Å². The molecule has 0 aromatic rings. The van der Waals surface area contributed by atoms with Crippen LogP contribution in [0.2, 0.25) is 0 Å². The largest absolute Gasteiger partial charge is 0.468 e. The van der Waals surface area contributed by atoms with Crippen molar-refractivity contribution in [1.29, 1.82) is 0 Å². The Morgan fingerprint density at radius 3 is 2.26 bits per heavy atom. The molecule has 1 aliphatic heterocycles. The van der Waals surface area contributed by atoms with Gasteiger partial charge < -0.3 is 9.64 Å². The van der Waals surface area contributed by atoms with E-state index in [0.29, 0.717) is 6.54 Å². The molecule has 5 heteroatoms. The molecular weight excluding hydrogens is 244 g/mol. The molecule has 5 nitrogen and oxygen atoms in total. The maximum Gasteiger partial charge on any atom is 0.319 e. The Morgan fingerprint density at radius 2 is 1.79 bits per heavy atom. The zero-order valence-electron chi connectivity index (χ0n) is 12.4. The molecule has 0 bridgehead atoms. The molecule has 0 aliphatic carbocycles. The van der Waals surface area contributed by atoms with Crippen LogP contribution < -0.4 is 0 Å². The van der Waals surface area contributed by atoms with Gasteiger partial charge in [0.05, 0.1) is 19.7 Å². The average molecular weight is 270 g/mol. The first-order valence-corrected chi connectivity index (χ1v) is 7.19. The van der Waals surface area contributed by atoms with Crippen LogP contribution >= 0.6 is 0 Å². The SMILES string of the molecule is CCN(CC(=O)OC)C(C)C(=O)N1CCCCCC1. The van der Waals surface area contributed by atoms with Crippen LogP contribution in [0.4, 0.5) is 0 Å². The number of likely N-dealkylation sites (N-methyl/N-ethyl adjacent to an activating group) is 1. The van der Waals surface area contributed by atoms with Gasteiger partial charge in [0.2, 0.25) is 5.91 Å². The lowest BCUT2D eigenvalue weighted by Gasteiger charge is -2.30. The molecule has 1 atom stereocenters. The van der Waals surface area contributed by atoms with Crippen LogP contribution in [-0.4, -0.2) is 61.0 Å².